The number of rotatable bonds is 8. The van der Waals surface area contributed by atoms with Crippen LogP contribution in [0.5, 0.6) is 0 Å². The highest BCUT2D eigenvalue weighted by Crippen LogP contribution is 2.15. The molecule has 1 aromatic rings. The van der Waals surface area contributed by atoms with Crippen molar-refractivity contribution in [2.45, 2.75) is 39.5 Å². The summed E-state index contributed by atoms with van der Waals surface area (Å²) in [6, 6.07) is 7.49. The van der Waals surface area contributed by atoms with Crippen molar-refractivity contribution in [3.05, 3.63) is 35.4 Å². The van der Waals surface area contributed by atoms with Crippen molar-refractivity contribution in [3.8, 4) is 0 Å². The molecule has 1 rings (SSSR count). The van der Waals surface area contributed by atoms with E-state index in [1.54, 1.807) is 12.1 Å². The fourth-order valence-electron chi connectivity index (χ4n) is 1.75. The first-order chi connectivity index (χ1) is 9.04. The van der Waals surface area contributed by atoms with Crippen LogP contribution >= 0.6 is 0 Å². The van der Waals surface area contributed by atoms with Crippen LogP contribution < -0.4 is 0 Å². The second kappa shape index (κ2) is 7.85. The molecular weight excluding hydrogens is 240 g/mol. The Bertz CT molecular complexity index is 418. The van der Waals surface area contributed by atoms with Gasteiger partial charge in [-0.3, -0.25) is 9.59 Å². The van der Waals surface area contributed by atoms with E-state index in [1.165, 1.54) is 5.56 Å². The third-order valence-electron chi connectivity index (χ3n) is 2.99. The quantitative estimate of drug-likeness (QED) is 0.410. The van der Waals surface area contributed by atoms with Crippen LogP contribution in [0.4, 0.5) is 0 Å². The molecule has 0 unspecified atom stereocenters. The molecule has 0 saturated carbocycles. The standard InChI is InChI=1S/C16H22O3/c1-4-19-10-9-15(17)11-16(18)14-7-5-13(6-8-14)12(2)3/h5-8,12H,4,9-11H2,1-3H3. The molecule has 0 radical (unpaired) electrons. The third-order valence-corrected chi connectivity index (χ3v) is 2.99. The Labute approximate surface area is 115 Å². The van der Waals surface area contributed by atoms with E-state index in [2.05, 4.69) is 13.8 Å². The summed E-state index contributed by atoms with van der Waals surface area (Å²) in [6.45, 7) is 7.08. The van der Waals surface area contributed by atoms with Gasteiger partial charge in [0.15, 0.2) is 5.78 Å². The van der Waals surface area contributed by atoms with Gasteiger partial charge in [0, 0.05) is 18.6 Å². The first kappa shape index (κ1) is 15.6. The van der Waals surface area contributed by atoms with Crippen molar-refractivity contribution >= 4 is 11.6 Å². The predicted molar refractivity (Wildman–Crippen MR) is 75.6 cm³/mol. The maximum Gasteiger partial charge on any atom is 0.170 e. The number of carbonyl (C=O) groups is 2. The molecular formula is C16H22O3. The minimum Gasteiger partial charge on any atom is -0.381 e. The van der Waals surface area contributed by atoms with E-state index in [9.17, 15) is 9.59 Å². The molecule has 3 nitrogen and oxygen atoms in total. The Balaban J connectivity index is 2.51. The monoisotopic (exact) mass is 262 g/mol. The van der Waals surface area contributed by atoms with Gasteiger partial charge < -0.3 is 4.74 Å². The summed E-state index contributed by atoms with van der Waals surface area (Å²) in [6.07, 6.45) is 0.276. The molecule has 0 aliphatic rings. The topological polar surface area (TPSA) is 43.4 Å². The lowest BCUT2D eigenvalue weighted by Crippen LogP contribution is -2.10. The highest BCUT2D eigenvalue weighted by molar-refractivity contribution is 6.07. The molecule has 0 spiro atoms. The molecule has 0 bridgehead atoms. The van der Waals surface area contributed by atoms with Gasteiger partial charge in [0.1, 0.15) is 5.78 Å². The molecule has 0 fully saturated rings. The number of hydrogen-bond donors (Lipinski definition) is 0. The molecule has 1 aromatic carbocycles. The number of ether oxygens (including phenoxy) is 1. The van der Waals surface area contributed by atoms with E-state index in [-0.39, 0.29) is 18.0 Å². The van der Waals surface area contributed by atoms with Gasteiger partial charge in [-0.1, -0.05) is 38.1 Å². The Morgan fingerprint density at radius 3 is 2.32 bits per heavy atom. The minimum absolute atomic E-state index is 0.0336. The van der Waals surface area contributed by atoms with Crippen LogP contribution in [0.3, 0.4) is 0 Å². The Hall–Kier alpha value is -1.48. The molecule has 19 heavy (non-hydrogen) atoms. The zero-order valence-electron chi connectivity index (χ0n) is 11.9. The maximum atomic E-state index is 11.9. The summed E-state index contributed by atoms with van der Waals surface area (Å²) < 4.78 is 5.10. The molecule has 3 heteroatoms. The highest BCUT2D eigenvalue weighted by atomic mass is 16.5. The number of hydrogen-bond acceptors (Lipinski definition) is 3. The average molecular weight is 262 g/mol. The van der Waals surface area contributed by atoms with Gasteiger partial charge in [0.25, 0.3) is 0 Å². The molecule has 0 saturated heterocycles. The van der Waals surface area contributed by atoms with Gasteiger partial charge in [-0.25, -0.2) is 0 Å². The summed E-state index contributed by atoms with van der Waals surface area (Å²) in [5.74, 6) is 0.264. The van der Waals surface area contributed by atoms with Gasteiger partial charge in [0.2, 0.25) is 0 Å². The van der Waals surface area contributed by atoms with E-state index >= 15 is 0 Å². The van der Waals surface area contributed by atoms with Crippen molar-refractivity contribution in [1.29, 1.82) is 0 Å². The lowest BCUT2D eigenvalue weighted by atomic mass is 9.99. The summed E-state index contributed by atoms with van der Waals surface area (Å²) in [4.78, 5) is 23.5. The van der Waals surface area contributed by atoms with Crippen LogP contribution in [0.15, 0.2) is 24.3 Å². The van der Waals surface area contributed by atoms with Crippen LogP contribution in [0.2, 0.25) is 0 Å². The SMILES string of the molecule is CCOCCC(=O)CC(=O)c1ccc(C(C)C)cc1. The van der Waals surface area contributed by atoms with Gasteiger partial charge in [-0.15, -0.1) is 0 Å². The number of carbonyl (C=O) groups excluding carboxylic acids is 2. The van der Waals surface area contributed by atoms with E-state index in [0.717, 1.165) is 0 Å². The van der Waals surface area contributed by atoms with Gasteiger partial charge in [-0.05, 0) is 18.4 Å². The normalized spacial score (nSPS) is 10.7. The lowest BCUT2D eigenvalue weighted by Gasteiger charge is -2.06. The fraction of sp³-hybridized carbons (Fsp3) is 0.500. The Morgan fingerprint density at radius 2 is 1.79 bits per heavy atom. The molecule has 0 heterocycles. The molecule has 0 amide bonds. The number of ketones is 2. The highest BCUT2D eigenvalue weighted by Gasteiger charge is 2.12. The average Bonchev–Trinajstić information content (AvgIpc) is 2.39. The summed E-state index contributed by atoms with van der Waals surface area (Å²) >= 11 is 0. The second-order valence-electron chi connectivity index (χ2n) is 4.86. The van der Waals surface area contributed by atoms with Crippen LogP contribution in [0, 0.1) is 0 Å². The van der Waals surface area contributed by atoms with Gasteiger partial charge in [-0.2, -0.15) is 0 Å². The molecule has 0 aliphatic carbocycles. The number of benzene rings is 1. The number of Topliss-reactive ketones (excluding diaryl/α,β-unsaturated/α-hetero) is 2. The van der Waals surface area contributed by atoms with Crippen molar-refractivity contribution in [2.75, 3.05) is 13.2 Å². The smallest absolute Gasteiger partial charge is 0.170 e. The lowest BCUT2D eigenvalue weighted by molar-refractivity contribution is -0.119. The van der Waals surface area contributed by atoms with Crippen LogP contribution in [0.1, 0.15) is 55.5 Å². The van der Waals surface area contributed by atoms with E-state index in [4.69, 9.17) is 4.74 Å². The summed E-state index contributed by atoms with van der Waals surface area (Å²) in [5.41, 5.74) is 1.80. The third kappa shape index (κ3) is 5.35. The van der Waals surface area contributed by atoms with Crippen LogP contribution in [0.25, 0.3) is 0 Å². The summed E-state index contributed by atoms with van der Waals surface area (Å²) in [7, 11) is 0. The van der Waals surface area contributed by atoms with Crippen molar-refractivity contribution in [1.82, 2.24) is 0 Å². The zero-order valence-corrected chi connectivity index (χ0v) is 11.9. The largest absolute Gasteiger partial charge is 0.381 e. The molecule has 0 aromatic heterocycles. The Morgan fingerprint density at radius 1 is 1.16 bits per heavy atom. The molecule has 0 aliphatic heterocycles. The fourth-order valence-corrected chi connectivity index (χ4v) is 1.75. The first-order valence-electron chi connectivity index (χ1n) is 6.77. The molecule has 104 valence electrons. The van der Waals surface area contributed by atoms with Crippen molar-refractivity contribution < 1.29 is 14.3 Å². The minimum atomic E-state index is -0.114. The van der Waals surface area contributed by atoms with Crippen molar-refractivity contribution in [2.24, 2.45) is 0 Å². The maximum absolute atomic E-state index is 11.9. The molecule has 0 atom stereocenters. The summed E-state index contributed by atoms with van der Waals surface area (Å²) in [5, 5.41) is 0. The van der Waals surface area contributed by atoms with Crippen LogP contribution in [-0.2, 0) is 9.53 Å². The van der Waals surface area contributed by atoms with Crippen molar-refractivity contribution in [3.63, 3.8) is 0 Å². The van der Waals surface area contributed by atoms with Gasteiger partial charge >= 0.3 is 0 Å². The van der Waals surface area contributed by atoms with E-state index in [1.807, 2.05) is 19.1 Å². The van der Waals surface area contributed by atoms with E-state index in [0.29, 0.717) is 31.1 Å². The van der Waals surface area contributed by atoms with E-state index < -0.39 is 0 Å². The Kier molecular flexibility index (Phi) is 6.43. The zero-order chi connectivity index (χ0) is 14.3. The predicted octanol–water partition coefficient (Wildman–Crippen LogP) is 3.38. The van der Waals surface area contributed by atoms with Crippen LogP contribution in [-0.4, -0.2) is 24.8 Å². The first-order valence-corrected chi connectivity index (χ1v) is 6.77. The van der Waals surface area contributed by atoms with Gasteiger partial charge in [0.05, 0.1) is 13.0 Å². The second-order valence-corrected chi connectivity index (χ2v) is 4.86. The molecule has 0 N–H and O–H groups in total.